The van der Waals surface area contributed by atoms with Gasteiger partial charge in [0.05, 0.1) is 5.56 Å². The first-order valence-electron chi connectivity index (χ1n) is 10.1. The number of phenolic OH excluding ortho intramolecular Hbond substituents is 1. The molecule has 1 aliphatic rings. The van der Waals surface area contributed by atoms with Crippen LogP contribution in [0.3, 0.4) is 0 Å². The largest absolute Gasteiger partial charge is 0.508 e. The van der Waals surface area contributed by atoms with Gasteiger partial charge in [0.2, 0.25) is 0 Å². The molecule has 0 spiro atoms. The summed E-state index contributed by atoms with van der Waals surface area (Å²) in [7, 11) is 0. The van der Waals surface area contributed by atoms with Crippen molar-refractivity contribution >= 4 is 22.4 Å². The third-order valence-corrected chi connectivity index (χ3v) is 5.56. The molecule has 5 rings (SSSR count). The van der Waals surface area contributed by atoms with Crippen molar-refractivity contribution in [3.05, 3.63) is 83.7 Å². The van der Waals surface area contributed by atoms with E-state index < -0.39 is 6.29 Å². The number of phenols is 1. The van der Waals surface area contributed by atoms with E-state index in [-0.39, 0.29) is 5.75 Å². The van der Waals surface area contributed by atoms with E-state index in [1.54, 1.807) is 12.1 Å². The molecule has 4 aromatic rings. The predicted molar refractivity (Wildman–Crippen MR) is 116 cm³/mol. The summed E-state index contributed by atoms with van der Waals surface area (Å²) in [5.74, 6) is 1.21. The summed E-state index contributed by atoms with van der Waals surface area (Å²) < 4.78 is 2.12. The molecule has 1 saturated carbocycles. The van der Waals surface area contributed by atoms with Gasteiger partial charge in [-0.15, -0.1) is 0 Å². The molecule has 0 saturated heterocycles. The molecule has 0 unspecified atom stereocenters. The number of rotatable bonds is 6. The maximum atomic E-state index is 9.80. The van der Waals surface area contributed by atoms with Gasteiger partial charge in [-0.3, -0.25) is 0 Å². The Morgan fingerprint density at radius 3 is 2.70 bits per heavy atom. The first-order chi connectivity index (χ1) is 14.6. The average Bonchev–Trinajstić information content (AvgIpc) is 3.50. The van der Waals surface area contributed by atoms with Crippen molar-refractivity contribution in [1.29, 1.82) is 0 Å². The molecule has 4 N–H and O–H groups in total. The second-order valence-corrected chi connectivity index (χ2v) is 7.87. The molecule has 2 aromatic carbocycles. The lowest BCUT2D eigenvalue weighted by molar-refractivity contribution is -0.0421. The Balaban J connectivity index is 1.41. The SMILES string of the molecule is Oc1cccc(Cn2ccc3cc(Nc4ncc(C5CC5)cc4C(O)O)ccc32)c1. The van der Waals surface area contributed by atoms with Crippen LogP contribution in [0.5, 0.6) is 5.75 Å². The van der Waals surface area contributed by atoms with E-state index in [2.05, 4.69) is 14.9 Å². The third-order valence-electron chi connectivity index (χ3n) is 5.56. The predicted octanol–water partition coefficient (Wildman–Crippen LogP) is 4.39. The van der Waals surface area contributed by atoms with Crippen molar-refractivity contribution in [3.8, 4) is 5.75 Å². The maximum Gasteiger partial charge on any atom is 0.182 e. The van der Waals surface area contributed by atoms with Crippen LogP contribution in [0.2, 0.25) is 0 Å². The van der Waals surface area contributed by atoms with Crippen LogP contribution in [0.15, 0.2) is 67.0 Å². The summed E-state index contributed by atoms with van der Waals surface area (Å²) in [5.41, 5.74) is 4.37. The van der Waals surface area contributed by atoms with E-state index in [0.29, 0.717) is 23.8 Å². The van der Waals surface area contributed by atoms with Crippen LogP contribution in [0.1, 0.15) is 41.7 Å². The third kappa shape index (κ3) is 3.75. The van der Waals surface area contributed by atoms with E-state index in [0.717, 1.165) is 40.6 Å². The maximum absolute atomic E-state index is 9.80. The zero-order valence-corrected chi connectivity index (χ0v) is 16.4. The van der Waals surface area contributed by atoms with Crippen molar-refractivity contribution in [3.63, 3.8) is 0 Å². The average molecular weight is 401 g/mol. The molecule has 6 heteroatoms. The number of aromatic hydroxyl groups is 1. The van der Waals surface area contributed by atoms with Gasteiger partial charge in [-0.1, -0.05) is 12.1 Å². The number of aliphatic hydroxyl groups is 2. The normalized spacial score (nSPS) is 13.8. The first-order valence-corrected chi connectivity index (χ1v) is 10.1. The highest BCUT2D eigenvalue weighted by atomic mass is 16.5. The number of benzene rings is 2. The number of hydrogen-bond acceptors (Lipinski definition) is 5. The molecule has 0 aliphatic heterocycles. The lowest BCUT2D eigenvalue weighted by Gasteiger charge is -2.14. The van der Waals surface area contributed by atoms with Gasteiger partial charge < -0.3 is 25.2 Å². The molecule has 152 valence electrons. The van der Waals surface area contributed by atoms with Crippen LogP contribution in [0, 0.1) is 0 Å². The molecule has 0 atom stereocenters. The zero-order valence-electron chi connectivity index (χ0n) is 16.4. The second-order valence-electron chi connectivity index (χ2n) is 7.87. The molecule has 2 heterocycles. The molecule has 0 radical (unpaired) electrons. The highest BCUT2D eigenvalue weighted by Gasteiger charge is 2.25. The van der Waals surface area contributed by atoms with Crippen LogP contribution in [-0.4, -0.2) is 24.9 Å². The number of fused-ring (bicyclic) bond motifs is 1. The lowest BCUT2D eigenvalue weighted by Crippen LogP contribution is -2.05. The van der Waals surface area contributed by atoms with E-state index in [1.165, 1.54) is 0 Å². The smallest absolute Gasteiger partial charge is 0.182 e. The van der Waals surface area contributed by atoms with Gasteiger partial charge in [0.1, 0.15) is 11.6 Å². The topological polar surface area (TPSA) is 90.5 Å². The van der Waals surface area contributed by atoms with Crippen LogP contribution in [-0.2, 0) is 6.54 Å². The summed E-state index contributed by atoms with van der Waals surface area (Å²) in [5, 5.41) is 33.6. The number of nitrogens with zero attached hydrogens (tertiary/aromatic N) is 2. The Kier molecular flexibility index (Phi) is 4.65. The lowest BCUT2D eigenvalue weighted by atomic mass is 10.1. The zero-order chi connectivity index (χ0) is 20.7. The van der Waals surface area contributed by atoms with Crippen LogP contribution < -0.4 is 5.32 Å². The van der Waals surface area contributed by atoms with Crippen molar-refractivity contribution < 1.29 is 15.3 Å². The standard InChI is InChI=1S/C24H23N3O3/c28-20-3-1-2-15(10-20)14-27-9-8-17-11-19(6-7-22(17)27)26-23-21(24(29)30)12-18(13-25-23)16-4-5-16/h1-3,6-13,16,24,28-30H,4-5,14H2,(H,25,26). The Hall–Kier alpha value is -3.35. The first kappa shape index (κ1) is 18.7. The van der Waals surface area contributed by atoms with Crippen molar-refractivity contribution in [2.45, 2.75) is 31.6 Å². The Morgan fingerprint density at radius 2 is 1.93 bits per heavy atom. The molecule has 1 fully saturated rings. The molecular formula is C24H23N3O3. The number of hydrogen-bond donors (Lipinski definition) is 4. The molecule has 0 amide bonds. The summed E-state index contributed by atoms with van der Waals surface area (Å²) in [6.45, 7) is 0.662. The molecule has 6 nitrogen and oxygen atoms in total. The second kappa shape index (κ2) is 7.48. The Bertz CT molecular complexity index is 1210. The van der Waals surface area contributed by atoms with Crippen LogP contribution in [0.4, 0.5) is 11.5 Å². The number of aromatic nitrogens is 2. The van der Waals surface area contributed by atoms with Crippen LogP contribution in [0.25, 0.3) is 10.9 Å². The Labute approximate surface area is 174 Å². The van der Waals surface area contributed by atoms with Gasteiger partial charge in [0.25, 0.3) is 0 Å². The van der Waals surface area contributed by atoms with E-state index in [4.69, 9.17) is 0 Å². The summed E-state index contributed by atoms with van der Waals surface area (Å²) >= 11 is 0. The van der Waals surface area contributed by atoms with Crippen LogP contribution >= 0.6 is 0 Å². The van der Waals surface area contributed by atoms with Gasteiger partial charge in [0.15, 0.2) is 6.29 Å². The highest BCUT2D eigenvalue weighted by Crippen LogP contribution is 2.41. The minimum Gasteiger partial charge on any atom is -0.508 e. The minimum atomic E-state index is -1.58. The molecule has 0 bridgehead atoms. The van der Waals surface area contributed by atoms with Crippen molar-refractivity contribution in [2.75, 3.05) is 5.32 Å². The fourth-order valence-corrected chi connectivity index (χ4v) is 3.84. The molecular weight excluding hydrogens is 378 g/mol. The molecule has 1 aliphatic carbocycles. The Morgan fingerprint density at radius 1 is 1.07 bits per heavy atom. The van der Waals surface area contributed by atoms with Gasteiger partial charge >= 0.3 is 0 Å². The number of nitrogens with one attached hydrogen (secondary N) is 1. The van der Waals surface area contributed by atoms with Gasteiger partial charge in [-0.2, -0.15) is 0 Å². The monoisotopic (exact) mass is 401 g/mol. The van der Waals surface area contributed by atoms with E-state index in [1.807, 2.05) is 54.9 Å². The summed E-state index contributed by atoms with van der Waals surface area (Å²) in [6.07, 6.45) is 4.52. The van der Waals surface area contributed by atoms with Gasteiger partial charge in [-0.05, 0) is 72.4 Å². The summed E-state index contributed by atoms with van der Waals surface area (Å²) in [6, 6.07) is 17.1. The fourth-order valence-electron chi connectivity index (χ4n) is 3.84. The van der Waals surface area contributed by atoms with E-state index in [9.17, 15) is 15.3 Å². The van der Waals surface area contributed by atoms with Crippen molar-refractivity contribution in [2.24, 2.45) is 0 Å². The fraction of sp³-hybridized carbons (Fsp3) is 0.208. The number of pyridine rings is 1. The summed E-state index contributed by atoms with van der Waals surface area (Å²) in [4.78, 5) is 4.45. The quantitative estimate of drug-likeness (QED) is 0.360. The van der Waals surface area contributed by atoms with E-state index >= 15 is 0 Å². The minimum absolute atomic E-state index is 0.262. The van der Waals surface area contributed by atoms with Gasteiger partial charge in [-0.25, -0.2) is 4.98 Å². The molecule has 2 aromatic heterocycles. The highest BCUT2D eigenvalue weighted by molar-refractivity contribution is 5.84. The molecule has 30 heavy (non-hydrogen) atoms. The number of anilines is 2. The van der Waals surface area contributed by atoms with Gasteiger partial charge in [0, 0.05) is 35.5 Å². The number of aliphatic hydroxyl groups excluding tert-OH is 1. The van der Waals surface area contributed by atoms with Crippen molar-refractivity contribution in [1.82, 2.24) is 9.55 Å².